The van der Waals surface area contributed by atoms with Crippen LogP contribution >= 0.6 is 0 Å². The third-order valence-electron chi connectivity index (χ3n) is 6.16. The van der Waals surface area contributed by atoms with Crippen LogP contribution in [0.3, 0.4) is 0 Å². The van der Waals surface area contributed by atoms with Crippen LogP contribution in [-0.4, -0.2) is 55.4 Å². The molecule has 4 rings (SSSR count). The molecule has 33 heavy (non-hydrogen) atoms. The Bertz CT molecular complexity index is 1060. The average Bonchev–Trinajstić information content (AvgIpc) is 3.31. The van der Waals surface area contributed by atoms with Gasteiger partial charge in [-0.05, 0) is 25.5 Å². The minimum atomic E-state index is -0.0741. The Morgan fingerprint density at radius 2 is 1.82 bits per heavy atom. The zero-order chi connectivity index (χ0) is 23.2. The summed E-state index contributed by atoms with van der Waals surface area (Å²) in [6.07, 6.45) is 0.819. The molecule has 7 nitrogen and oxygen atoms in total. The summed E-state index contributed by atoms with van der Waals surface area (Å²) < 4.78 is 16.9. The summed E-state index contributed by atoms with van der Waals surface area (Å²) in [5.41, 5.74) is 3.18. The molecule has 2 aromatic carbocycles. The molecule has 1 atom stereocenters. The third kappa shape index (κ3) is 4.88. The Morgan fingerprint density at radius 1 is 1.12 bits per heavy atom. The van der Waals surface area contributed by atoms with Crippen LogP contribution in [0.2, 0.25) is 0 Å². The summed E-state index contributed by atoms with van der Waals surface area (Å²) in [7, 11) is 1.59. The lowest BCUT2D eigenvalue weighted by Gasteiger charge is -2.31. The number of hydrogen-bond donors (Lipinski definition) is 0. The number of nitrogens with zero attached hydrogens (tertiary/aromatic N) is 3. The summed E-state index contributed by atoms with van der Waals surface area (Å²) in [4.78, 5) is 17.8. The molecule has 0 aliphatic carbocycles. The van der Waals surface area contributed by atoms with E-state index in [2.05, 4.69) is 23.9 Å². The monoisotopic (exact) mass is 449 g/mol. The summed E-state index contributed by atoms with van der Waals surface area (Å²) in [6, 6.07) is 17.3. The maximum absolute atomic E-state index is 13.7. The number of carbonyl (C=O) groups is 1. The number of anilines is 1. The number of amides is 1. The second kappa shape index (κ2) is 10.5. The highest BCUT2D eigenvalue weighted by Crippen LogP contribution is 2.34. The number of benzene rings is 2. The Morgan fingerprint density at radius 3 is 2.52 bits per heavy atom. The zero-order valence-corrected chi connectivity index (χ0v) is 19.5. The van der Waals surface area contributed by atoms with Gasteiger partial charge in [0.15, 0.2) is 0 Å². The largest absolute Gasteiger partial charge is 0.496 e. The molecule has 0 unspecified atom stereocenters. The Labute approximate surface area is 194 Å². The molecule has 0 N–H and O–H groups in total. The molecule has 1 saturated heterocycles. The first-order valence-electron chi connectivity index (χ1n) is 11.4. The summed E-state index contributed by atoms with van der Waals surface area (Å²) in [6.45, 7) is 7.25. The molecular weight excluding hydrogens is 418 g/mol. The van der Waals surface area contributed by atoms with Crippen LogP contribution in [0.25, 0.3) is 11.3 Å². The van der Waals surface area contributed by atoms with Gasteiger partial charge >= 0.3 is 0 Å². The van der Waals surface area contributed by atoms with Gasteiger partial charge in [0.1, 0.15) is 11.4 Å². The van der Waals surface area contributed by atoms with Crippen LogP contribution in [0, 0.1) is 0 Å². The van der Waals surface area contributed by atoms with Crippen LogP contribution in [0.15, 0.2) is 59.1 Å². The second-order valence-electron chi connectivity index (χ2n) is 8.17. The molecule has 1 fully saturated rings. The van der Waals surface area contributed by atoms with E-state index in [0.29, 0.717) is 37.0 Å². The van der Waals surface area contributed by atoms with Crippen molar-refractivity contribution in [3.8, 4) is 17.0 Å². The number of carbonyl (C=O) groups excluding carboxylic acids is 1. The van der Waals surface area contributed by atoms with Gasteiger partial charge in [0.05, 0.1) is 38.0 Å². The SMILES string of the molecule is CC[C@H](C)N(Cc1c(-c2ccccc2)noc1N1CCOCC1)C(=O)c1ccccc1OC. The number of morpholine rings is 1. The number of hydrogen-bond acceptors (Lipinski definition) is 6. The number of methoxy groups -OCH3 is 1. The van der Waals surface area contributed by atoms with Crippen molar-refractivity contribution in [2.24, 2.45) is 0 Å². The maximum atomic E-state index is 13.7. The van der Waals surface area contributed by atoms with E-state index < -0.39 is 0 Å². The van der Waals surface area contributed by atoms with Gasteiger partial charge in [-0.3, -0.25) is 4.79 Å². The Balaban J connectivity index is 1.76. The fourth-order valence-electron chi connectivity index (χ4n) is 4.08. The van der Waals surface area contributed by atoms with Crippen LogP contribution in [0.4, 0.5) is 5.88 Å². The Kier molecular flexibility index (Phi) is 7.29. The van der Waals surface area contributed by atoms with Crippen molar-refractivity contribution in [3.63, 3.8) is 0 Å². The van der Waals surface area contributed by atoms with Crippen molar-refractivity contribution >= 4 is 11.8 Å². The van der Waals surface area contributed by atoms with Crippen molar-refractivity contribution in [3.05, 3.63) is 65.7 Å². The summed E-state index contributed by atoms with van der Waals surface area (Å²) >= 11 is 0. The highest BCUT2D eigenvalue weighted by atomic mass is 16.5. The first kappa shape index (κ1) is 22.9. The van der Waals surface area contributed by atoms with Crippen LogP contribution in [-0.2, 0) is 11.3 Å². The molecule has 1 amide bonds. The maximum Gasteiger partial charge on any atom is 0.258 e. The van der Waals surface area contributed by atoms with E-state index in [1.54, 1.807) is 7.11 Å². The lowest BCUT2D eigenvalue weighted by molar-refractivity contribution is 0.0668. The molecular formula is C26H31N3O4. The molecule has 0 spiro atoms. The minimum absolute atomic E-state index is 0.0125. The van der Waals surface area contributed by atoms with Crippen molar-refractivity contribution in [2.75, 3.05) is 38.3 Å². The molecule has 0 radical (unpaired) electrons. The van der Waals surface area contributed by atoms with E-state index >= 15 is 0 Å². The molecule has 1 aromatic heterocycles. The van der Waals surface area contributed by atoms with E-state index in [1.165, 1.54) is 0 Å². The van der Waals surface area contributed by atoms with Gasteiger partial charge in [0.25, 0.3) is 5.91 Å². The lowest BCUT2D eigenvalue weighted by atomic mass is 10.0. The third-order valence-corrected chi connectivity index (χ3v) is 6.16. The van der Waals surface area contributed by atoms with Gasteiger partial charge in [-0.1, -0.05) is 54.5 Å². The zero-order valence-electron chi connectivity index (χ0n) is 19.5. The number of rotatable bonds is 8. The first-order chi connectivity index (χ1) is 16.1. The highest BCUT2D eigenvalue weighted by molar-refractivity contribution is 5.97. The smallest absolute Gasteiger partial charge is 0.258 e. The molecule has 174 valence electrons. The molecule has 7 heteroatoms. The lowest BCUT2D eigenvalue weighted by Crippen LogP contribution is -2.40. The predicted octanol–water partition coefficient (Wildman–Crippen LogP) is 4.63. The molecule has 1 aliphatic rings. The van der Waals surface area contributed by atoms with Crippen LogP contribution < -0.4 is 9.64 Å². The molecule has 0 bridgehead atoms. The van der Waals surface area contributed by atoms with Gasteiger partial charge in [-0.2, -0.15) is 0 Å². The summed E-state index contributed by atoms with van der Waals surface area (Å²) in [5, 5.41) is 4.45. The van der Waals surface area contributed by atoms with Crippen molar-refractivity contribution in [1.82, 2.24) is 10.1 Å². The van der Waals surface area contributed by atoms with E-state index in [-0.39, 0.29) is 11.9 Å². The van der Waals surface area contributed by atoms with Gasteiger partial charge < -0.3 is 23.8 Å². The quantitative estimate of drug-likeness (QED) is 0.500. The number of para-hydroxylation sites is 1. The molecule has 2 heterocycles. The topological polar surface area (TPSA) is 68.0 Å². The van der Waals surface area contributed by atoms with Crippen LogP contribution in [0.5, 0.6) is 5.75 Å². The van der Waals surface area contributed by atoms with E-state index in [4.69, 9.17) is 14.0 Å². The van der Waals surface area contributed by atoms with Gasteiger partial charge in [-0.15, -0.1) is 0 Å². The number of aromatic nitrogens is 1. The van der Waals surface area contributed by atoms with Gasteiger partial charge in [0, 0.05) is 24.7 Å². The fourth-order valence-corrected chi connectivity index (χ4v) is 4.08. The minimum Gasteiger partial charge on any atom is -0.496 e. The normalized spacial score (nSPS) is 14.7. The molecule has 1 aliphatic heterocycles. The number of ether oxygens (including phenoxy) is 2. The first-order valence-corrected chi connectivity index (χ1v) is 11.4. The van der Waals surface area contributed by atoms with Crippen LogP contribution in [0.1, 0.15) is 36.2 Å². The van der Waals surface area contributed by atoms with Crippen molar-refractivity contribution < 1.29 is 18.8 Å². The van der Waals surface area contributed by atoms with Gasteiger partial charge in [0.2, 0.25) is 5.88 Å². The standard InChI is InChI=1S/C26H31N3O4/c1-4-19(2)29(25(30)21-12-8-9-13-23(21)31-3)18-22-24(20-10-6-5-7-11-20)27-33-26(22)28-14-16-32-17-15-28/h5-13,19H,4,14-18H2,1-3H3/t19-/m0/s1. The van der Waals surface area contributed by atoms with Gasteiger partial charge in [-0.25, -0.2) is 0 Å². The Hall–Kier alpha value is -3.32. The fraction of sp³-hybridized carbons (Fsp3) is 0.385. The van der Waals surface area contributed by atoms with E-state index in [0.717, 1.165) is 36.3 Å². The summed E-state index contributed by atoms with van der Waals surface area (Å²) in [5.74, 6) is 1.20. The van der Waals surface area contributed by atoms with E-state index in [9.17, 15) is 4.79 Å². The molecule has 0 saturated carbocycles. The van der Waals surface area contributed by atoms with Crippen molar-refractivity contribution in [2.45, 2.75) is 32.9 Å². The molecule has 3 aromatic rings. The van der Waals surface area contributed by atoms with E-state index in [1.807, 2.05) is 59.5 Å². The van der Waals surface area contributed by atoms with Crippen molar-refractivity contribution in [1.29, 1.82) is 0 Å². The predicted molar refractivity (Wildman–Crippen MR) is 128 cm³/mol. The average molecular weight is 450 g/mol. The second-order valence-corrected chi connectivity index (χ2v) is 8.17. The highest BCUT2D eigenvalue weighted by Gasteiger charge is 2.30.